The Morgan fingerprint density at radius 1 is 1.17 bits per heavy atom. The zero-order valence-corrected chi connectivity index (χ0v) is 18.8. The van der Waals surface area contributed by atoms with Crippen LogP contribution in [0.1, 0.15) is 61.9 Å². The molecule has 6 nitrogen and oxygen atoms in total. The van der Waals surface area contributed by atoms with Gasteiger partial charge in [0.2, 0.25) is 5.91 Å². The fourth-order valence-corrected chi connectivity index (χ4v) is 5.33. The van der Waals surface area contributed by atoms with Crippen LogP contribution in [0.15, 0.2) is 18.2 Å². The maximum atomic E-state index is 13.5. The second kappa shape index (κ2) is 8.22. The van der Waals surface area contributed by atoms with Crippen LogP contribution in [0.25, 0.3) is 0 Å². The lowest BCUT2D eigenvalue weighted by Gasteiger charge is -2.43. The summed E-state index contributed by atoms with van der Waals surface area (Å²) in [6.45, 7) is 8.68. The summed E-state index contributed by atoms with van der Waals surface area (Å²) in [5.74, 6) is 0.627. The number of carbonyl (C=O) groups is 2. The van der Waals surface area contributed by atoms with Crippen molar-refractivity contribution in [1.82, 2.24) is 14.7 Å². The summed E-state index contributed by atoms with van der Waals surface area (Å²) in [7, 11) is 2.12. The first-order valence-corrected chi connectivity index (χ1v) is 11.4. The molecule has 6 heteroatoms. The van der Waals surface area contributed by atoms with Crippen LogP contribution in [0.3, 0.4) is 0 Å². The van der Waals surface area contributed by atoms with Gasteiger partial charge in [0.25, 0.3) is 5.91 Å². The molecular weight excluding hydrogens is 378 g/mol. The zero-order valence-electron chi connectivity index (χ0n) is 18.8. The van der Waals surface area contributed by atoms with Crippen molar-refractivity contribution in [1.29, 1.82) is 0 Å². The summed E-state index contributed by atoms with van der Waals surface area (Å²) < 4.78 is 6.54. The Labute approximate surface area is 180 Å². The molecule has 1 aromatic rings. The maximum absolute atomic E-state index is 13.5. The molecule has 1 aromatic carbocycles. The van der Waals surface area contributed by atoms with Crippen molar-refractivity contribution in [3.05, 3.63) is 29.3 Å². The SMILES string of the molecule is Cc1ccc2c(c1)C(=O)N(CC(=O)N1[C@H](C)CCC[C@@H]1C)CC1(CCN(C)CC1)O2. The van der Waals surface area contributed by atoms with Crippen LogP contribution in [0.2, 0.25) is 0 Å². The number of fused-ring (bicyclic) bond motifs is 1. The molecule has 3 aliphatic heterocycles. The first-order chi connectivity index (χ1) is 14.3. The molecule has 0 aliphatic carbocycles. The van der Waals surface area contributed by atoms with Gasteiger partial charge in [-0.1, -0.05) is 11.6 Å². The van der Waals surface area contributed by atoms with Crippen LogP contribution in [0.5, 0.6) is 5.75 Å². The predicted octanol–water partition coefficient (Wildman–Crippen LogP) is 3.08. The molecule has 2 saturated heterocycles. The van der Waals surface area contributed by atoms with Gasteiger partial charge in [-0.3, -0.25) is 9.59 Å². The summed E-state index contributed by atoms with van der Waals surface area (Å²) in [4.78, 5) is 32.9. The Morgan fingerprint density at radius 3 is 2.50 bits per heavy atom. The number of ether oxygens (including phenoxy) is 1. The van der Waals surface area contributed by atoms with Crippen LogP contribution in [-0.4, -0.2) is 77.4 Å². The lowest BCUT2D eigenvalue weighted by atomic mass is 9.90. The van der Waals surface area contributed by atoms with Crippen LogP contribution < -0.4 is 4.74 Å². The van der Waals surface area contributed by atoms with Gasteiger partial charge in [-0.05, 0) is 59.2 Å². The van der Waals surface area contributed by atoms with E-state index in [1.807, 2.05) is 30.0 Å². The summed E-state index contributed by atoms with van der Waals surface area (Å²) in [5, 5.41) is 0. The average molecular weight is 414 g/mol. The Kier molecular flexibility index (Phi) is 5.80. The number of rotatable bonds is 2. The highest BCUT2D eigenvalue weighted by Crippen LogP contribution is 2.36. The van der Waals surface area contributed by atoms with Crippen molar-refractivity contribution in [3.8, 4) is 5.75 Å². The molecule has 0 unspecified atom stereocenters. The van der Waals surface area contributed by atoms with Gasteiger partial charge in [0.15, 0.2) is 0 Å². The van der Waals surface area contributed by atoms with E-state index in [0.717, 1.165) is 50.8 Å². The highest BCUT2D eigenvalue weighted by molar-refractivity contribution is 5.99. The molecule has 0 radical (unpaired) electrons. The highest BCUT2D eigenvalue weighted by Gasteiger charge is 2.43. The van der Waals surface area contributed by atoms with Crippen LogP contribution in [-0.2, 0) is 4.79 Å². The largest absolute Gasteiger partial charge is 0.484 e. The van der Waals surface area contributed by atoms with Crippen LogP contribution in [0, 0.1) is 6.92 Å². The number of benzene rings is 1. The first kappa shape index (κ1) is 21.2. The van der Waals surface area contributed by atoms with Crippen molar-refractivity contribution in [2.24, 2.45) is 0 Å². The second-order valence-corrected chi connectivity index (χ2v) is 9.68. The number of piperidine rings is 2. The number of aryl methyl sites for hydroxylation is 1. The number of nitrogens with zero attached hydrogens (tertiary/aromatic N) is 3. The molecule has 2 atom stereocenters. The predicted molar refractivity (Wildman–Crippen MR) is 117 cm³/mol. The molecule has 0 bridgehead atoms. The van der Waals surface area contributed by atoms with Gasteiger partial charge in [-0.25, -0.2) is 0 Å². The molecule has 3 aliphatic rings. The van der Waals surface area contributed by atoms with Crippen molar-refractivity contribution < 1.29 is 14.3 Å². The van der Waals surface area contributed by atoms with Crippen LogP contribution in [0.4, 0.5) is 0 Å². The maximum Gasteiger partial charge on any atom is 0.258 e. The van der Waals surface area contributed by atoms with E-state index >= 15 is 0 Å². The number of amides is 2. The van der Waals surface area contributed by atoms with E-state index in [1.165, 1.54) is 0 Å². The molecule has 30 heavy (non-hydrogen) atoms. The molecule has 0 N–H and O–H groups in total. The highest BCUT2D eigenvalue weighted by atomic mass is 16.5. The third kappa shape index (κ3) is 4.07. The Bertz CT molecular complexity index is 806. The molecule has 0 aromatic heterocycles. The molecule has 164 valence electrons. The molecular formula is C24H35N3O3. The number of hydrogen-bond acceptors (Lipinski definition) is 4. The van der Waals surface area contributed by atoms with E-state index in [4.69, 9.17) is 4.74 Å². The monoisotopic (exact) mass is 413 g/mol. The fraction of sp³-hybridized carbons (Fsp3) is 0.667. The molecule has 4 rings (SSSR count). The summed E-state index contributed by atoms with van der Waals surface area (Å²) >= 11 is 0. The van der Waals surface area contributed by atoms with E-state index in [-0.39, 0.29) is 30.4 Å². The second-order valence-electron chi connectivity index (χ2n) is 9.68. The first-order valence-electron chi connectivity index (χ1n) is 11.4. The zero-order chi connectivity index (χ0) is 21.5. The van der Waals surface area contributed by atoms with Gasteiger partial charge < -0.3 is 19.4 Å². The normalized spacial score (nSPS) is 26.9. The summed E-state index contributed by atoms with van der Waals surface area (Å²) in [6, 6.07) is 6.27. The van der Waals surface area contributed by atoms with Gasteiger partial charge in [0.05, 0.1) is 12.1 Å². The smallest absolute Gasteiger partial charge is 0.258 e. The number of hydrogen-bond donors (Lipinski definition) is 0. The fourth-order valence-electron chi connectivity index (χ4n) is 5.33. The lowest BCUT2D eigenvalue weighted by Crippen LogP contribution is -2.56. The Balaban J connectivity index is 1.63. The average Bonchev–Trinajstić information content (AvgIpc) is 2.80. The van der Waals surface area contributed by atoms with Gasteiger partial charge in [0, 0.05) is 38.0 Å². The van der Waals surface area contributed by atoms with Crippen molar-refractivity contribution in [3.63, 3.8) is 0 Å². The van der Waals surface area contributed by atoms with Crippen molar-refractivity contribution in [2.45, 2.75) is 70.6 Å². The third-order valence-corrected chi connectivity index (χ3v) is 7.16. The molecule has 3 heterocycles. The molecule has 2 fully saturated rings. The van der Waals surface area contributed by atoms with Gasteiger partial charge in [0.1, 0.15) is 17.9 Å². The van der Waals surface area contributed by atoms with E-state index in [2.05, 4.69) is 25.8 Å². The topological polar surface area (TPSA) is 53.1 Å². The minimum atomic E-state index is -0.428. The van der Waals surface area contributed by atoms with E-state index in [1.54, 1.807) is 4.90 Å². The standard InChI is InChI=1S/C24H35N3O3/c1-17-8-9-21-20(14-17)23(29)26(16-24(30-21)10-12-25(4)13-11-24)15-22(28)27-18(2)6-5-7-19(27)3/h8-9,14,18-19H,5-7,10-13,15-16H2,1-4H3/t18-,19+. The van der Waals surface area contributed by atoms with E-state index < -0.39 is 5.60 Å². The lowest BCUT2D eigenvalue weighted by molar-refractivity contribution is -0.138. The number of likely N-dealkylation sites (tertiary alicyclic amines) is 2. The third-order valence-electron chi connectivity index (χ3n) is 7.16. The van der Waals surface area contributed by atoms with Crippen LogP contribution >= 0.6 is 0 Å². The molecule has 0 saturated carbocycles. The number of carbonyl (C=O) groups excluding carboxylic acids is 2. The summed E-state index contributed by atoms with van der Waals surface area (Å²) in [5.41, 5.74) is 1.18. The van der Waals surface area contributed by atoms with Gasteiger partial charge in [-0.2, -0.15) is 0 Å². The minimum Gasteiger partial charge on any atom is -0.484 e. The van der Waals surface area contributed by atoms with Gasteiger partial charge in [-0.15, -0.1) is 0 Å². The molecule has 2 amide bonds. The van der Waals surface area contributed by atoms with E-state index in [9.17, 15) is 9.59 Å². The summed E-state index contributed by atoms with van der Waals surface area (Å²) in [6.07, 6.45) is 4.93. The van der Waals surface area contributed by atoms with Crippen molar-refractivity contribution in [2.75, 3.05) is 33.2 Å². The quantitative estimate of drug-likeness (QED) is 0.748. The van der Waals surface area contributed by atoms with Gasteiger partial charge >= 0.3 is 0 Å². The minimum absolute atomic E-state index is 0.0576. The van der Waals surface area contributed by atoms with Crippen molar-refractivity contribution >= 4 is 11.8 Å². The van der Waals surface area contributed by atoms with E-state index in [0.29, 0.717) is 17.9 Å². The molecule has 1 spiro atoms. The Morgan fingerprint density at radius 2 is 1.83 bits per heavy atom. The Hall–Kier alpha value is -2.08.